The third-order valence-electron chi connectivity index (χ3n) is 3.03. The van der Waals surface area contributed by atoms with Gasteiger partial charge in [-0.25, -0.2) is 4.98 Å². The number of thiazole rings is 1. The maximum absolute atomic E-state index is 12.2. The molecule has 0 saturated heterocycles. The molecule has 6 heteroatoms. The molecule has 0 saturated carbocycles. The van der Waals surface area contributed by atoms with E-state index in [1.807, 2.05) is 5.38 Å². The number of hydrogen-bond donors (Lipinski definition) is 0. The summed E-state index contributed by atoms with van der Waals surface area (Å²) in [5.41, 5.74) is 3.06. The van der Waals surface area contributed by atoms with E-state index < -0.39 is 0 Å². The van der Waals surface area contributed by atoms with Crippen LogP contribution in [0.2, 0.25) is 0 Å². The van der Waals surface area contributed by atoms with Crippen LogP contribution in [0.5, 0.6) is 0 Å². The van der Waals surface area contributed by atoms with E-state index in [1.165, 1.54) is 15.9 Å². The molecule has 18 heavy (non-hydrogen) atoms. The molecule has 1 aromatic carbocycles. The molecule has 0 fully saturated rings. The highest BCUT2D eigenvalue weighted by Gasteiger charge is 2.21. The van der Waals surface area contributed by atoms with Crippen LogP contribution in [0, 0.1) is 0 Å². The van der Waals surface area contributed by atoms with E-state index in [4.69, 9.17) is 4.42 Å². The van der Waals surface area contributed by atoms with Gasteiger partial charge in [0, 0.05) is 5.38 Å². The van der Waals surface area contributed by atoms with Crippen LogP contribution in [-0.2, 0) is 6.54 Å². The zero-order valence-electron chi connectivity index (χ0n) is 9.04. The van der Waals surface area contributed by atoms with E-state index in [2.05, 4.69) is 4.98 Å². The van der Waals surface area contributed by atoms with Crippen LogP contribution < -0.4 is 11.1 Å². The Morgan fingerprint density at radius 2 is 2.17 bits per heavy atom. The van der Waals surface area contributed by atoms with Gasteiger partial charge in [0.15, 0.2) is 11.2 Å². The van der Waals surface area contributed by atoms with E-state index in [0.29, 0.717) is 21.9 Å². The van der Waals surface area contributed by atoms with E-state index in [9.17, 15) is 9.59 Å². The van der Waals surface area contributed by atoms with Crippen molar-refractivity contribution in [2.24, 2.45) is 0 Å². The summed E-state index contributed by atoms with van der Waals surface area (Å²) in [4.78, 5) is 28.4. The van der Waals surface area contributed by atoms with Gasteiger partial charge in [-0.2, -0.15) is 0 Å². The summed E-state index contributed by atoms with van der Waals surface area (Å²) in [5.74, 6) is 0. The molecule has 0 radical (unpaired) electrons. The lowest BCUT2D eigenvalue weighted by atomic mass is 10.2. The van der Waals surface area contributed by atoms with Crippen LogP contribution in [0.3, 0.4) is 0 Å². The maximum Gasteiger partial charge on any atom is 0.265 e. The van der Waals surface area contributed by atoms with Gasteiger partial charge in [0.25, 0.3) is 11.1 Å². The van der Waals surface area contributed by atoms with Crippen molar-refractivity contribution in [3.05, 3.63) is 49.4 Å². The third kappa shape index (κ3) is 1.18. The van der Waals surface area contributed by atoms with Gasteiger partial charge in [-0.05, 0) is 12.1 Å². The normalized spacial score (nSPS) is 12.0. The van der Waals surface area contributed by atoms with Crippen molar-refractivity contribution in [2.45, 2.75) is 6.54 Å². The fourth-order valence-electron chi connectivity index (χ4n) is 2.12. The lowest BCUT2D eigenvalue weighted by Gasteiger charge is -1.94. The topological polar surface area (TPSA) is 65.1 Å². The molecule has 0 aliphatic heterocycles. The average Bonchev–Trinajstić information content (AvgIpc) is 2.91. The number of nitrogens with zero attached hydrogens (tertiary/aromatic N) is 2. The Kier molecular flexibility index (Phi) is 1.72. The van der Waals surface area contributed by atoms with Gasteiger partial charge < -0.3 is 4.42 Å². The molecule has 0 N–H and O–H groups in total. The van der Waals surface area contributed by atoms with Gasteiger partial charge in [-0.15, -0.1) is 11.3 Å². The van der Waals surface area contributed by atoms with Crippen molar-refractivity contribution in [3.8, 4) is 0 Å². The summed E-state index contributed by atoms with van der Waals surface area (Å²) < 4.78 is 6.38. The minimum Gasteiger partial charge on any atom is -0.449 e. The minimum absolute atomic E-state index is 0.213. The number of benzene rings is 1. The molecular formula is C12H6N2O3S. The molecule has 88 valence electrons. The molecule has 3 aromatic heterocycles. The first-order valence-electron chi connectivity index (χ1n) is 5.34. The summed E-state index contributed by atoms with van der Waals surface area (Å²) in [6, 6.07) is 3.36. The zero-order chi connectivity index (χ0) is 12.3. The summed E-state index contributed by atoms with van der Waals surface area (Å²) in [5, 5.41) is 2.64. The molecule has 0 spiro atoms. The number of rotatable bonds is 2. The number of aromatic nitrogens is 2. The number of hydrogen-bond acceptors (Lipinski definition) is 5. The van der Waals surface area contributed by atoms with E-state index in [-0.39, 0.29) is 17.7 Å². The molecule has 0 amide bonds. The first-order chi connectivity index (χ1) is 8.75. The maximum atomic E-state index is 12.2. The van der Waals surface area contributed by atoms with Crippen molar-refractivity contribution >= 4 is 33.3 Å². The van der Waals surface area contributed by atoms with Crippen LogP contribution >= 0.6 is 11.3 Å². The summed E-state index contributed by atoms with van der Waals surface area (Å²) in [6.45, 7) is 0.213. The Bertz CT molecular complexity index is 936. The second kappa shape index (κ2) is 3.17. The Labute approximate surface area is 104 Å². The molecule has 5 nitrogen and oxygen atoms in total. The second-order valence-electron chi connectivity index (χ2n) is 4.09. The predicted octanol–water partition coefficient (Wildman–Crippen LogP) is 1.49. The highest BCUT2D eigenvalue weighted by Crippen LogP contribution is 2.29. The molecular weight excluding hydrogens is 252 g/mol. The monoisotopic (exact) mass is 258 g/mol. The zero-order valence-corrected chi connectivity index (χ0v) is 9.86. The fourth-order valence-corrected chi connectivity index (χ4v) is 2.67. The molecule has 0 atom stereocenters. The Morgan fingerprint density at radius 3 is 2.94 bits per heavy atom. The highest BCUT2D eigenvalue weighted by molar-refractivity contribution is 7.07. The molecule has 4 rings (SSSR count). The van der Waals surface area contributed by atoms with Crippen LogP contribution in [0.4, 0.5) is 0 Å². The standard InChI is InChI=1S/C12H6N2O3S/c15-11-7-1-2-8-10(17-8)9(7)12(16)14(11)3-6-4-18-5-13-6/h1-2,4-5H,3H2. The lowest BCUT2D eigenvalue weighted by Crippen LogP contribution is -2.25. The van der Waals surface area contributed by atoms with Gasteiger partial charge in [-0.1, -0.05) is 0 Å². The quantitative estimate of drug-likeness (QED) is 0.546. The minimum atomic E-state index is -0.294. The Morgan fingerprint density at radius 1 is 1.28 bits per heavy atom. The SMILES string of the molecule is O=c1c2ccc3oc3c2c(=O)n1Cc1cscn1. The molecule has 0 aliphatic carbocycles. The molecule has 0 bridgehead atoms. The van der Waals surface area contributed by atoms with Gasteiger partial charge in [-0.3, -0.25) is 14.2 Å². The van der Waals surface area contributed by atoms with Gasteiger partial charge in [0.2, 0.25) is 0 Å². The molecule has 4 aromatic rings. The summed E-state index contributed by atoms with van der Waals surface area (Å²) >= 11 is 1.44. The Hall–Kier alpha value is -2.21. The first kappa shape index (κ1) is 9.78. The highest BCUT2D eigenvalue weighted by atomic mass is 32.1. The van der Waals surface area contributed by atoms with E-state index in [0.717, 1.165) is 5.69 Å². The number of fused-ring (bicyclic) bond motifs is 3. The third-order valence-corrected chi connectivity index (χ3v) is 3.67. The second-order valence-corrected chi connectivity index (χ2v) is 4.81. The molecule has 0 aliphatic rings. The lowest BCUT2D eigenvalue weighted by molar-refractivity contribution is 0.736. The average molecular weight is 258 g/mol. The van der Waals surface area contributed by atoms with Gasteiger partial charge in [0.1, 0.15) is 0 Å². The smallest absolute Gasteiger partial charge is 0.265 e. The Balaban J connectivity index is 2.02. The summed E-state index contributed by atoms with van der Waals surface area (Å²) in [7, 11) is 0. The van der Waals surface area contributed by atoms with Crippen molar-refractivity contribution < 1.29 is 4.42 Å². The van der Waals surface area contributed by atoms with E-state index >= 15 is 0 Å². The fraction of sp³-hybridized carbons (Fsp3) is 0.0833. The van der Waals surface area contributed by atoms with E-state index in [1.54, 1.807) is 17.6 Å². The largest absolute Gasteiger partial charge is 0.449 e. The van der Waals surface area contributed by atoms with Crippen LogP contribution in [0.15, 0.2) is 37.0 Å². The van der Waals surface area contributed by atoms with Crippen LogP contribution in [0.25, 0.3) is 21.9 Å². The van der Waals surface area contributed by atoms with Gasteiger partial charge in [0.05, 0.1) is 28.5 Å². The van der Waals surface area contributed by atoms with Crippen molar-refractivity contribution in [1.29, 1.82) is 0 Å². The predicted molar refractivity (Wildman–Crippen MR) is 67.8 cm³/mol. The summed E-state index contributed by atoms with van der Waals surface area (Å²) in [6.07, 6.45) is 0. The van der Waals surface area contributed by atoms with Crippen molar-refractivity contribution in [2.75, 3.05) is 0 Å². The first-order valence-corrected chi connectivity index (χ1v) is 6.28. The van der Waals surface area contributed by atoms with Crippen LogP contribution in [-0.4, -0.2) is 9.55 Å². The van der Waals surface area contributed by atoms with Crippen molar-refractivity contribution in [3.63, 3.8) is 0 Å². The van der Waals surface area contributed by atoms with Gasteiger partial charge >= 0.3 is 0 Å². The van der Waals surface area contributed by atoms with Crippen LogP contribution in [0.1, 0.15) is 5.69 Å². The molecule has 0 unspecified atom stereocenters. The van der Waals surface area contributed by atoms with Crippen molar-refractivity contribution in [1.82, 2.24) is 9.55 Å². The molecule has 3 heterocycles.